The van der Waals surface area contributed by atoms with E-state index < -0.39 is 10.0 Å². The van der Waals surface area contributed by atoms with Crippen molar-refractivity contribution in [3.05, 3.63) is 33.7 Å². The Morgan fingerprint density at radius 1 is 1.13 bits per heavy atom. The number of aryl methyl sites for hydroxylation is 2. The minimum absolute atomic E-state index is 0.0312. The highest BCUT2D eigenvalue weighted by molar-refractivity contribution is 7.89. The quantitative estimate of drug-likeness (QED) is 0.736. The summed E-state index contributed by atoms with van der Waals surface area (Å²) < 4.78 is 35.5. The molecule has 0 spiro atoms. The molecule has 6 nitrogen and oxygen atoms in total. The lowest BCUT2D eigenvalue weighted by atomic mass is 9.72. The Morgan fingerprint density at radius 3 is 2.40 bits per heavy atom. The average molecular weight is 439 g/mol. The van der Waals surface area contributed by atoms with E-state index in [-0.39, 0.29) is 29.5 Å². The lowest BCUT2D eigenvalue weighted by Crippen LogP contribution is -2.50. The molecule has 170 valence electrons. The van der Waals surface area contributed by atoms with Gasteiger partial charge in [0.25, 0.3) is 5.56 Å². The van der Waals surface area contributed by atoms with Crippen molar-refractivity contribution in [3.63, 3.8) is 0 Å². The third-order valence-electron chi connectivity index (χ3n) is 7.01. The van der Waals surface area contributed by atoms with Crippen LogP contribution in [0.25, 0.3) is 0 Å². The van der Waals surface area contributed by atoms with Gasteiger partial charge >= 0.3 is 0 Å². The van der Waals surface area contributed by atoms with Gasteiger partial charge in [-0.25, -0.2) is 13.1 Å². The summed E-state index contributed by atoms with van der Waals surface area (Å²) in [6, 6.07) is 3.20. The first kappa shape index (κ1) is 23.5. The van der Waals surface area contributed by atoms with Crippen LogP contribution in [0, 0.1) is 18.3 Å². The van der Waals surface area contributed by atoms with Crippen molar-refractivity contribution in [2.45, 2.75) is 91.3 Å². The number of ether oxygens (including phenoxy) is 1. The van der Waals surface area contributed by atoms with Crippen molar-refractivity contribution in [3.8, 4) is 0 Å². The predicted octanol–water partition coefficient (Wildman–Crippen LogP) is 3.57. The molecule has 2 atom stereocenters. The highest BCUT2D eigenvalue weighted by Gasteiger charge is 2.35. The molecule has 0 amide bonds. The van der Waals surface area contributed by atoms with Gasteiger partial charge in [-0.2, -0.15) is 0 Å². The maximum absolute atomic E-state index is 12.9. The number of rotatable bonds is 6. The van der Waals surface area contributed by atoms with Crippen molar-refractivity contribution < 1.29 is 13.2 Å². The minimum atomic E-state index is -3.37. The Kier molecular flexibility index (Phi) is 7.15. The molecule has 3 rings (SSSR count). The Bertz CT molecular complexity index is 893. The topological polar surface area (TPSA) is 77.4 Å². The van der Waals surface area contributed by atoms with Gasteiger partial charge in [0.05, 0.1) is 24.5 Å². The number of fused-ring (bicyclic) bond motifs is 1. The maximum Gasteiger partial charge on any atom is 0.254 e. The fourth-order valence-corrected chi connectivity index (χ4v) is 5.81. The molecule has 0 unspecified atom stereocenters. The molecule has 1 aromatic rings. The maximum atomic E-state index is 12.9. The van der Waals surface area contributed by atoms with Crippen LogP contribution in [-0.2, 0) is 21.2 Å². The van der Waals surface area contributed by atoms with Crippen molar-refractivity contribution in [2.24, 2.45) is 11.3 Å². The van der Waals surface area contributed by atoms with Crippen molar-refractivity contribution in [1.29, 1.82) is 0 Å². The van der Waals surface area contributed by atoms with Crippen LogP contribution in [0.1, 0.15) is 77.1 Å². The normalized spacial score (nSPS) is 27.6. The fraction of sp³-hybridized carbons (Fsp3) is 0.783. The molecular formula is C23H38N2O4S. The molecular weight excluding hydrogens is 400 g/mol. The minimum Gasteiger partial charge on any atom is -0.376 e. The highest BCUT2D eigenvalue weighted by Crippen LogP contribution is 2.39. The molecule has 2 aliphatic rings. The largest absolute Gasteiger partial charge is 0.376 e. The summed E-state index contributed by atoms with van der Waals surface area (Å²) in [5.74, 6) is 0.742. The van der Waals surface area contributed by atoms with Crippen LogP contribution in [-0.4, -0.2) is 37.5 Å². The van der Waals surface area contributed by atoms with Crippen LogP contribution in [0.3, 0.4) is 0 Å². The first-order valence-corrected chi connectivity index (χ1v) is 13.0. The predicted molar refractivity (Wildman–Crippen MR) is 120 cm³/mol. The summed E-state index contributed by atoms with van der Waals surface area (Å²) >= 11 is 0. The summed E-state index contributed by atoms with van der Waals surface area (Å²) in [5.41, 5.74) is 1.91. The highest BCUT2D eigenvalue weighted by atomic mass is 32.2. The van der Waals surface area contributed by atoms with Gasteiger partial charge < -0.3 is 9.30 Å². The van der Waals surface area contributed by atoms with E-state index in [4.69, 9.17) is 4.74 Å². The van der Waals surface area contributed by atoms with Crippen molar-refractivity contribution in [2.75, 3.05) is 12.4 Å². The molecule has 1 fully saturated rings. The number of pyridine rings is 1. The summed E-state index contributed by atoms with van der Waals surface area (Å²) in [4.78, 5) is 12.9. The SMILES string of the molecule is CCS(=O)(=O)N[C@H]1CCc2ccc(C)c(=O)n2[C@H]1COC1CCC(C(C)(C)C)CC1. The third kappa shape index (κ3) is 5.35. The zero-order chi connectivity index (χ0) is 22.1. The molecule has 0 bridgehead atoms. The van der Waals surface area contributed by atoms with Gasteiger partial charge in [-0.05, 0) is 69.8 Å². The Hall–Kier alpha value is -1.18. The number of nitrogens with one attached hydrogen (secondary N) is 1. The van der Waals surface area contributed by atoms with Gasteiger partial charge in [0.2, 0.25) is 10.0 Å². The van der Waals surface area contributed by atoms with Crippen LogP contribution in [0.4, 0.5) is 0 Å². The summed E-state index contributed by atoms with van der Waals surface area (Å²) in [6.07, 6.45) is 5.89. The molecule has 1 saturated carbocycles. The van der Waals surface area contributed by atoms with E-state index in [9.17, 15) is 13.2 Å². The van der Waals surface area contributed by atoms with Crippen LogP contribution in [0.5, 0.6) is 0 Å². The second-order valence-electron chi connectivity index (χ2n) is 10.1. The van der Waals surface area contributed by atoms with E-state index in [1.165, 1.54) is 0 Å². The van der Waals surface area contributed by atoms with Gasteiger partial charge in [-0.1, -0.05) is 26.8 Å². The van der Waals surface area contributed by atoms with Crippen LogP contribution < -0.4 is 10.3 Å². The second kappa shape index (κ2) is 9.13. The number of aromatic nitrogens is 1. The summed E-state index contributed by atoms with van der Waals surface area (Å²) in [5, 5.41) is 0. The molecule has 0 aromatic carbocycles. The Morgan fingerprint density at radius 2 is 1.80 bits per heavy atom. The van der Waals surface area contributed by atoms with Crippen LogP contribution in [0.15, 0.2) is 16.9 Å². The molecule has 1 N–H and O–H groups in total. The molecule has 2 heterocycles. The monoisotopic (exact) mass is 438 g/mol. The number of hydrogen-bond donors (Lipinski definition) is 1. The standard InChI is InChI=1S/C23H38N2O4S/c1-6-30(27,28)24-20-14-11-18-10-7-16(2)22(26)25(18)21(20)15-29-19-12-8-17(9-13-19)23(3,4)5/h7,10,17,19-21,24H,6,8-9,11-15H2,1-5H3/t17?,19?,20-,21-/m0/s1. The van der Waals surface area contributed by atoms with E-state index >= 15 is 0 Å². The summed E-state index contributed by atoms with van der Waals surface area (Å²) in [7, 11) is -3.37. The molecule has 30 heavy (non-hydrogen) atoms. The van der Waals surface area contributed by atoms with Gasteiger partial charge in [0.1, 0.15) is 0 Å². The molecule has 1 aromatic heterocycles. The van der Waals surface area contributed by atoms with E-state index in [0.29, 0.717) is 36.3 Å². The molecule has 1 aliphatic heterocycles. The second-order valence-corrected chi connectivity index (χ2v) is 12.1. The lowest BCUT2D eigenvalue weighted by molar-refractivity contribution is -0.0170. The first-order chi connectivity index (χ1) is 14.0. The van der Waals surface area contributed by atoms with Gasteiger partial charge in [-0.15, -0.1) is 0 Å². The number of sulfonamides is 1. The zero-order valence-corrected chi connectivity index (χ0v) is 19.9. The zero-order valence-electron chi connectivity index (χ0n) is 19.1. The van der Waals surface area contributed by atoms with E-state index in [1.807, 2.05) is 12.1 Å². The molecule has 7 heteroatoms. The van der Waals surface area contributed by atoms with Gasteiger partial charge in [0, 0.05) is 17.3 Å². The lowest BCUT2D eigenvalue weighted by Gasteiger charge is -2.39. The van der Waals surface area contributed by atoms with E-state index in [2.05, 4.69) is 25.5 Å². The van der Waals surface area contributed by atoms with E-state index in [0.717, 1.165) is 31.4 Å². The molecule has 0 radical (unpaired) electrons. The Balaban J connectivity index is 1.77. The van der Waals surface area contributed by atoms with Crippen LogP contribution >= 0.6 is 0 Å². The molecule has 0 saturated heterocycles. The van der Waals surface area contributed by atoms with Gasteiger partial charge in [0.15, 0.2) is 0 Å². The Labute approximate surface area is 181 Å². The number of hydrogen-bond acceptors (Lipinski definition) is 4. The smallest absolute Gasteiger partial charge is 0.254 e. The fourth-order valence-electron chi connectivity index (χ4n) is 4.91. The molecule has 1 aliphatic carbocycles. The van der Waals surface area contributed by atoms with Gasteiger partial charge in [-0.3, -0.25) is 4.79 Å². The third-order valence-corrected chi connectivity index (χ3v) is 8.43. The van der Waals surface area contributed by atoms with Crippen molar-refractivity contribution in [1.82, 2.24) is 9.29 Å². The average Bonchev–Trinajstić information content (AvgIpc) is 2.69. The first-order valence-electron chi connectivity index (χ1n) is 11.3. The summed E-state index contributed by atoms with van der Waals surface area (Å²) in [6.45, 7) is 10.7. The number of nitrogens with zero attached hydrogens (tertiary/aromatic N) is 1. The van der Waals surface area contributed by atoms with E-state index in [1.54, 1.807) is 18.4 Å². The van der Waals surface area contributed by atoms with Crippen LogP contribution in [0.2, 0.25) is 0 Å². The van der Waals surface area contributed by atoms with Crippen molar-refractivity contribution >= 4 is 10.0 Å².